The van der Waals surface area contributed by atoms with Crippen LogP contribution in [0.15, 0.2) is 36.5 Å². The second-order valence-corrected chi connectivity index (χ2v) is 16.1. The summed E-state index contributed by atoms with van der Waals surface area (Å²) in [6, 6.07) is 0. The first-order valence-corrected chi connectivity index (χ1v) is 22.1. The maximum absolute atomic E-state index is 12.3. The molecule has 0 radical (unpaired) electrons. The number of likely N-dealkylation sites (N-methyl/N-ethyl adjacent to an activating group) is 1. The van der Waals surface area contributed by atoms with Gasteiger partial charge in [-0.3, -0.25) is 9.69 Å². The monoisotopic (exact) mass is 714 g/mol. The van der Waals surface area contributed by atoms with Gasteiger partial charge in [0.2, 0.25) is 0 Å². The number of fused-ring (bicyclic) bond motifs is 1. The van der Waals surface area contributed by atoms with E-state index in [0.717, 1.165) is 38.5 Å². The van der Waals surface area contributed by atoms with Gasteiger partial charge < -0.3 is 14.2 Å². The zero-order valence-electron chi connectivity index (χ0n) is 34.2. The normalized spacial score (nSPS) is 22.0. The molecule has 0 aromatic rings. The van der Waals surface area contributed by atoms with Crippen LogP contribution in [0, 0.1) is 0 Å². The van der Waals surface area contributed by atoms with E-state index >= 15 is 0 Å². The van der Waals surface area contributed by atoms with Crippen LogP contribution in [-0.4, -0.2) is 55.6 Å². The zero-order chi connectivity index (χ0) is 36.7. The highest BCUT2D eigenvalue weighted by Crippen LogP contribution is 2.44. The lowest BCUT2D eigenvalue weighted by Gasteiger charge is -2.30. The van der Waals surface area contributed by atoms with Crippen molar-refractivity contribution in [3.05, 3.63) is 36.5 Å². The Kier molecular flexibility index (Phi) is 27.8. The summed E-state index contributed by atoms with van der Waals surface area (Å²) < 4.78 is 19.3. The number of hydrogen-bond acceptors (Lipinski definition) is 5. The van der Waals surface area contributed by atoms with Crippen molar-refractivity contribution in [2.24, 2.45) is 0 Å². The molecule has 2 fully saturated rings. The highest BCUT2D eigenvalue weighted by atomic mass is 16.8. The van der Waals surface area contributed by atoms with Crippen LogP contribution in [0.5, 0.6) is 0 Å². The second-order valence-electron chi connectivity index (χ2n) is 16.1. The quantitative estimate of drug-likeness (QED) is 0.0377. The number of carbonyl (C=O) groups is 1. The maximum atomic E-state index is 12.3. The number of esters is 1. The fourth-order valence-electron chi connectivity index (χ4n) is 7.71. The van der Waals surface area contributed by atoms with E-state index in [2.05, 4.69) is 50.3 Å². The Bertz CT molecular complexity index is 897. The maximum Gasteiger partial charge on any atom is 0.320 e. The van der Waals surface area contributed by atoms with Crippen molar-refractivity contribution in [2.45, 2.75) is 231 Å². The molecule has 296 valence electrons. The first kappa shape index (κ1) is 45.7. The molecule has 1 aliphatic carbocycles. The summed E-state index contributed by atoms with van der Waals surface area (Å²) in [5, 5.41) is 0. The molecule has 5 nitrogen and oxygen atoms in total. The van der Waals surface area contributed by atoms with E-state index < -0.39 is 5.79 Å². The average molecular weight is 714 g/mol. The molecule has 0 N–H and O–H groups in total. The third-order valence-electron chi connectivity index (χ3n) is 10.7. The molecule has 0 aromatic heterocycles. The van der Waals surface area contributed by atoms with E-state index in [1.807, 2.05) is 19.0 Å². The summed E-state index contributed by atoms with van der Waals surface area (Å²) in [5.41, 5.74) is 0. The number of unbranched alkanes of at least 4 members (excludes halogenated alkanes) is 21. The summed E-state index contributed by atoms with van der Waals surface area (Å²) in [7, 11) is 3.80. The second kappa shape index (κ2) is 31.0. The Morgan fingerprint density at radius 2 is 0.941 bits per heavy atom. The SMILES string of the molecule is CCCCC/C=C\C/C=C\CCCCCCCCC1(CCCCCCCC/C=C\CCCCCCCC)O[C@H]2CC(OC(=O)CN(C)C)C[C@H]2O1. The van der Waals surface area contributed by atoms with E-state index in [1.54, 1.807) is 0 Å². The molecule has 51 heavy (non-hydrogen) atoms. The molecule has 2 rings (SSSR count). The molecule has 2 unspecified atom stereocenters. The molecule has 0 bridgehead atoms. The van der Waals surface area contributed by atoms with Gasteiger partial charge in [0.05, 0.1) is 18.8 Å². The van der Waals surface area contributed by atoms with Gasteiger partial charge in [-0.15, -0.1) is 0 Å². The van der Waals surface area contributed by atoms with Crippen molar-refractivity contribution in [1.29, 1.82) is 0 Å². The molecule has 2 aliphatic rings. The highest BCUT2D eigenvalue weighted by Gasteiger charge is 2.52. The van der Waals surface area contributed by atoms with Gasteiger partial charge in [0.1, 0.15) is 6.10 Å². The Balaban J connectivity index is 1.62. The summed E-state index contributed by atoms with van der Waals surface area (Å²) >= 11 is 0. The molecule has 4 atom stereocenters. The molecule has 0 amide bonds. The first-order valence-electron chi connectivity index (χ1n) is 22.1. The van der Waals surface area contributed by atoms with Crippen LogP contribution in [0.2, 0.25) is 0 Å². The average Bonchev–Trinajstić information content (AvgIpc) is 3.62. The summed E-state index contributed by atoms with van der Waals surface area (Å²) in [4.78, 5) is 14.1. The predicted octanol–water partition coefficient (Wildman–Crippen LogP) is 13.4. The Labute approximate surface area is 316 Å². The lowest BCUT2D eigenvalue weighted by Crippen LogP contribution is -2.33. The summed E-state index contributed by atoms with van der Waals surface area (Å²) in [6.45, 7) is 4.87. The minimum absolute atomic E-state index is 0.0564. The van der Waals surface area contributed by atoms with Crippen molar-refractivity contribution in [3.63, 3.8) is 0 Å². The van der Waals surface area contributed by atoms with Crippen LogP contribution in [0.25, 0.3) is 0 Å². The number of carbonyl (C=O) groups excluding carboxylic acids is 1. The number of ether oxygens (including phenoxy) is 3. The van der Waals surface area contributed by atoms with Crippen LogP contribution < -0.4 is 0 Å². The van der Waals surface area contributed by atoms with Gasteiger partial charge in [-0.2, -0.15) is 0 Å². The van der Waals surface area contributed by atoms with Crippen LogP contribution in [-0.2, 0) is 19.0 Å². The van der Waals surface area contributed by atoms with E-state index in [4.69, 9.17) is 14.2 Å². The van der Waals surface area contributed by atoms with Crippen molar-refractivity contribution >= 4 is 5.97 Å². The largest absolute Gasteiger partial charge is 0.461 e. The molecule has 1 saturated carbocycles. The predicted molar refractivity (Wildman–Crippen MR) is 218 cm³/mol. The lowest BCUT2D eigenvalue weighted by atomic mass is 9.98. The Morgan fingerprint density at radius 3 is 1.39 bits per heavy atom. The van der Waals surface area contributed by atoms with Gasteiger partial charge in [0, 0.05) is 25.7 Å². The van der Waals surface area contributed by atoms with E-state index in [9.17, 15) is 4.79 Å². The van der Waals surface area contributed by atoms with Gasteiger partial charge in [-0.25, -0.2) is 0 Å². The van der Waals surface area contributed by atoms with Gasteiger partial charge >= 0.3 is 5.97 Å². The molecular formula is C46H83NO4. The van der Waals surface area contributed by atoms with Crippen LogP contribution >= 0.6 is 0 Å². The first-order chi connectivity index (χ1) is 25.0. The lowest BCUT2D eigenvalue weighted by molar-refractivity contribution is -0.197. The van der Waals surface area contributed by atoms with Gasteiger partial charge in [0.25, 0.3) is 0 Å². The minimum Gasteiger partial charge on any atom is -0.461 e. The van der Waals surface area contributed by atoms with Crippen LogP contribution in [0.3, 0.4) is 0 Å². The minimum atomic E-state index is -0.440. The molecule has 0 spiro atoms. The molecule has 5 heteroatoms. The molecular weight excluding hydrogens is 631 g/mol. The smallest absolute Gasteiger partial charge is 0.320 e. The fourth-order valence-corrected chi connectivity index (χ4v) is 7.71. The molecule has 0 aromatic carbocycles. The Hall–Kier alpha value is -1.43. The zero-order valence-corrected chi connectivity index (χ0v) is 34.2. The van der Waals surface area contributed by atoms with Crippen LogP contribution in [0.4, 0.5) is 0 Å². The van der Waals surface area contributed by atoms with E-state index in [1.165, 1.54) is 154 Å². The van der Waals surface area contributed by atoms with E-state index in [-0.39, 0.29) is 24.3 Å². The number of allylic oxidation sites excluding steroid dienone is 6. The van der Waals surface area contributed by atoms with Crippen molar-refractivity contribution in [2.75, 3.05) is 20.6 Å². The number of nitrogens with zero attached hydrogens (tertiary/aromatic N) is 1. The molecule has 1 saturated heterocycles. The van der Waals surface area contributed by atoms with Gasteiger partial charge in [0.15, 0.2) is 5.79 Å². The van der Waals surface area contributed by atoms with Crippen LogP contribution in [0.1, 0.15) is 206 Å². The van der Waals surface area contributed by atoms with Crippen molar-refractivity contribution in [3.8, 4) is 0 Å². The summed E-state index contributed by atoms with van der Waals surface area (Å²) in [6.07, 6.45) is 51.4. The topological polar surface area (TPSA) is 48.0 Å². The number of hydrogen-bond donors (Lipinski definition) is 0. The fraction of sp³-hybridized carbons (Fsp3) is 0.848. The third kappa shape index (κ3) is 23.8. The molecule has 1 heterocycles. The highest BCUT2D eigenvalue weighted by molar-refractivity contribution is 5.71. The molecule has 1 aliphatic heterocycles. The van der Waals surface area contributed by atoms with E-state index in [0.29, 0.717) is 6.54 Å². The number of rotatable bonds is 34. The summed E-state index contributed by atoms with van der Waals surface area (Å²) in [5.74, 6) is -0.592. The van der Waals surface area contributed by atoms with Gasteiger partial charge in [-0.05, 0) is 84.7 Å². The Morgan fingerprint density at radius 1 is 0.569 bits per heavy atom. The third-order valence-corrected chi connectivity index (χ3v) is 10.7. The standard InChI is InChI=1S/C46H83NO4/c1-5-7-9-11-13-15-17-19-21-23-25-27-29-31-33-35-37-46(50-43-39-42(40-44(43)51-46)49-45(48)41-47(3)4)38-36-34-32-30-28-26-24-22-20-18-16-14-12-10-8-6-2/h13,15,19-22,42-44H,5-12,14,16-18,23-41H2,1-4H3/b15-13-,21-19-,22-20-/t42?,43-,44+,46?. The van der Waals surface area contributed by atoms with Crippen molar-refractivity contribution in [1.82, 2.24) is 4.90 Å². The van der Waals surface area contributed by atoms with Gasteiger partial charge in [-0.1, -0.05) is 147 Å². The van der Waals surface area contributed by atoms with Crippen molar-refractivity contribution < 1.29 is 19.0 Å².